The number of thioether (sulfide) groups is 1. The molecule has 0 saturated carbocycles. The molecule has 0 aromatic heterocycles. The van der Waals surface area contributed by atoms with Crippen LogP contribution in [-0.2, 0) is 0 Å². The van der Waals surface area contributed by atoms with Crippen LogP contribution in [0.3, 0.4) is 0 Å². The topological polar surface area (TPSA) is 40.5 Å². The van der Waals surface area contributed by atoms with E-state index in [1.165, 1.54) is 11.8 Å². The molecule has 0 aromatic rings. The summed E-state index contributed by atoms with van der Waals surface area (Å²) in [4.78, 5) is 0. The third kappa shape index (κ3) is 0.531. The molecule has 36 valence electrons. The molecular formula is C3H6O2S. The van der Waals surface area contributed by atoms with E-state index in [0.717, 1.165) is 0 Å². The van der Waals surface area contributed by atoms with E-state index in [2.05, 4.69) is 0 Å². The van der Waals surface area contributed by atoms with Crippen LogP contribution in [0.2, 0.25) is 0 Å². The van der Waals surface area contributed by atoms with Crippen LogP contribution in [0.1, 0.15) is 0 Å². The molecule has 0 radical (unpaired) electrons. The Morgan fingerprint density at radius 1 is 1.50 bits per heavy atom. The van der Waals surface area contributed by atoms with E-state index in [-0.39, 0.29) is 0 Å². The van der Waals surface area contributed by atoms with Crippen LogP contribution in [0.15, 0.2) is 0 Å². The van der Waals surface area contributed by atoms with Gasteiger partial charge in [-0.05, 0) is 0 Å². The lowest BCUT2D eigenvalue weighted by molar-refractivity contribution is 0.0735. The lowest BCUT2D eigenvalue weighted by atomic mass is 10.4. The van der Waals surface area contributed by atoms with E-state index in [0.29, 0.717) is 5.75 Å². The molecule has 1 saturated heterocycles. The third-order valence-electron chi connectivity index (χ3n) is 0.767. The van der Waals surface area contributed by atoms with Gasteiger partial charge in [0.25, 0.3) is 0 Å². The van der Waals surface area contributed by atoms with Crippen molar-refractivity contribution in [3.63, 3.8) is 0 Å². The molecule has 0 aliphatic carbocycles. The van der Waals surface area contributed by atoms with E-state index in [1.807, 2.05) is 0 Å². The first-order chi connectivity index (χ1) is 2.80. The summed E-state index contributed by atoms with van der Waals surface area (Å²) in [6.45, 7) is 0. The Balaban J connectivity index is 2.20. The second-order valence-electron chi connectivity index (χ2n) is 1.29. The molecular weight excluding hydrogens is 100 g/mol. The SMILES string of the molecule is OC1CSC1O. The van der Waals surface area contributed by atoms with Crippen molar-refractivity contribution in [2.24, 2.45) is 0 Å². The summed E-state index contributed by atoms with van der Waals surface area (Å²) in [6, 6.07) is 0. The lowest BCUT2D eigenvalue weighted by Crippen LogP contribution is -2.35. The Hall–Kier alpha value is 0.270. The summed E-state index contributed by atoms with van der Waals surface area (Å²) >= 11 is 1.37. The van der Waals surface area contributed by atoms with Gasteiger partial charge in [-0.1, -0.05) is 0 Å². The molecule has 0 aromatic carbocycles. The molecule has 1 fully saturated rings. The summed E-state index contributed by atoms with van der Waals surface area (Å²) in [5.74, 6) is 0.696. The standard InChI is InChI=1S/C3H6O2S/c4-2-1-6-3(2)5/h2-5H,1H2. The fourth-order valence-electron chi connectivity index (χ4n) is 0.268. The van der Waals surface area contributed by atoms with Crippen molar-refractivity contribution in [3.05, 3.63) is 0 Å². The molecule has 2 unspecified atom stereocenters. The highest BCUT2D eigenvalue weighted by atomic mass is 32.2. The van der Waals surface area contributed by atoms with Gasteiger partial charge in [-0.15, -0.1) is 11.8 Å². The number of hydrogen-bond donors (Lipinski definition) is 2. The molecule has 1 aliphatic rings. The molecule has 0 amide bonds. The average Bonchev–Trinajstić information content (AvgIpc) is 1.61. The van der Waals surface area contributed by atoms with Crippen molar-refractivity contribution in [3.8, 4) is 0 Å². The molecule has 6 heavy (non-hydrogen) atoms. The first kappa shape index (κ1) is 4.43. The average molecular weight is 106 g/mol. The molecule has 0 bridgehead atoms. The van der Waals surface area contributed by atoms with Gasteiger partial charge in [0.15, 0.2) is 0 Å². The van der Waals surface area contributed by atoms with Gasteiger partial charge >= 0.3 is 0 Å². The second-order valence-corrected chi connectivity index (χ2v) is 2.44. The summed E-state index contributed by atoms with van der Waals surface area (Å²) in [5.41, 5.74) is -0.495. The normalized spacial score (nSPS) is 45.0. The number of rotatable bonds is 0. The van der Waals surface area contributed by atoms with E-state index < -0.39 is 11.5 Å². The van der Waals surface area contributed by atoms with Crippen LogP contribution < -0.4 is 0 Å². The largest absolute Gasteiger partial charge is 0.389 e. The zero-order valence-corrected chi connectivity index (χ0v) is 3.98. The smallest absolute Gasteiger partial charge is 0.126 e. The molecule has 1 heterocycles. The summed E-state index contributed by atoms with van der Waals surface area (Å²) < 4.78 is 0. The highest BCUT2D eigenvalue weighted by molar-refractivity contribution is 8.01. The van der Waals surface area contributed by atoms with Gasteiger partial charge in [0.2, 0.25) is 0 Å². The number of aliphatic hydroxyl groups is 2. The predicted molar refractivity (Wildman–Crippen MR) is 24.5 cm³/mol. The first-order valence-electron chi connectivity index (χ1n) is 1.78. The van der Waals surface area contributed by atoms with Crippen LogP contribution in [-0.4, -0.2) is 27.5 Å². The minimum absolute atomic E-state index is 0.449. The van der Waals surface area contributed by atoms with Gasteiger partial charge < -0.3 is 10.2 Å². The van der Waals surface area contributed by atoms with Crippen LogP contribution >= 0.6 is 11.8 Å². The van der Waals surface area contributed by atoms with E-state index >= 15 is 0 Å². The van der Waals surface area contributed by atoms with Crippen molar-refractivity contribution in [2.75, 3.05) is 5.75 Å². The molecule has 1 aliphatic heterocycles. The summed E-state index contributed by atoms with van der Waals surface area (Å²) in [6.07, 6.45) is -0.449. The molecule has 0 spiro atoms. The monoisotopic (exact) mass is 106 g/mol. The Morgan fingerprint density at radius 2 is 2.00 bits per heavy atom. The van der Waals surface area contributed by atoms with Gasteiger partial charge in [0, 0.05) is 5.75 Å². The molecule has 1 rings (SSSR count). The van der Waals surface area contributed by atoms with Gasteiger partial charge in [-0.3, -0.25) is 0 Å². The van der Waals surface area contributed by atoms with E-state index in [1.54, 1.807) is 0 Å². The number of aliphatic hydroxyl groups excluding tert-OH is 2. The molecule has 2 N–H and O–H groups in total. The zero-order chi connectivity index (χ0) is 4.57. The van der Waals surface area contributed by atoms with Crippen LogP contribution in [0, 0.1) is 0 Å². The fraction of sp³-hybridized carbons (Fsp3) is 1.00. The zero-order valence-electron chi connectivity index (χ0n) is 3.16. The predicted octanol–water partition coefficient (Wildman–Crippen LogP) is -0.588. The third-order valence-corrected chi connectivity index (χ3v) is 1.96. The quantitative estimate of drug-likeness (QED) is 0.434. The van der Waals surface area contributed by atoms with Crippen molar-refractivity contribution >= 4 is 11.8 Å². The Morgan fingerprint density at radius 3 is 2.00 bits per heavy atom. The number of hydrogen-bond acceptors (Lipinski definition) is 3. The highest BCUT2D eigenvalue weighted by Crippen LogP contribution is 2.24. The maximum absolute atomic E-state index is 8.45. The minimum atomic E-state index is -0.495. The Labute approximate surface area is 40.2 Å². The summed E-state index contributed by atoms with van der Waals surface area (Å²) in [7, 11) is 0. The van der Waals surface area contributed by atoms with Crippen molar-refractivity contribution in [1.82, 2.24) is 0 Å². The maximum atomic E-state index is 8.45. The van der Waals surface area contributed by atoms with Gasteiger partial charge in [-0.2, -0.15) is 0 Å². The Bertz CT molecular complexity index is 48.8. The van der Waals surface area contributed by atoms with Crippen LogP contribution in [0.25, 0.3) is 0 Å². The van der Waals surface area contributed by atoms with Crippen LogP contribution in [0.5, 0.6) is 0 Å². The van der Waals surface area contributed by atoms with Gasteiger partial charge in [0.1, 0.15) is 5.44 Å². The second kappa shape index (κ2) is 1.40. The maximum Gasteiger partial charge on any atom is 0.126 e. The van der Waals surface area contributed by atoms with Gasteiger partial charge in [0.05, 0.1) is 6.10 Å². The van der Waals surface area contributed by atoms with Crippen molar-refractivity contribution in [1.29, 1.82) is 0 Å². The molecule has 2 atom stereocenters. The summed E-state index contributed by atoms with van der Waals surface area (Å²) in [5, 5.41) is 16.9. The molecule has 2 nitrogen and oxygen atoms in total. The highest BCUT2D eigenvalue weighted by Gasteiger charge is 2.26. The van der Waals surface area contributed by atoms with Crippen molar-refractivity contribution < 1.29 is 10.2 Å². The first-order valence-corrected chi connectivity index (χ1v) is 2.83. The molecule has 3 heteroatoms. The van der Waals surface area contributed by atoms with E-state index in [4.69, 9.17) is 10.2 Å². The van der Waals surface area contributed by atoms with E-state index in [9.17, 15) is 0 Å². The fourth-order valence-corrected chi connectivity index (χ4v) is 0.805. The Kier molecular flexibility index (Phi) is 1.04. The van der Waals surface area contributed by atoms with Crippen LogP contribution in [0.4, 0.5) is 0 Å². The van der Waals surface area contributed by atoms with Crippen molar-refractivity contribution in [2.45, 2.75) is 11.5 Å². The lowest BCUT2D eigenvalue weighted by Gasteiger charge is -2.25. The minimum Gasteiger partial charge on any atom is -0.389 e. The van der Waals surface area contributed by atoms with Gasteiger partial charge in [-0.25, -0.2) is 0 Å².